The number of aromatic nitrogens is 2. The van der Waals surface area contributed by atoms with Gasteiger partial charge in [0, 0.05) is 18.3 Å². The summed E-state index contributed by atoms with van der Waals surface area (Å²) in [6.07, 6.45) is 4.79. The van der Waals surface area contributed by atoms with E-state index in [2.05, 4.69) is 10.3 Å². The van der Waals surface area contributed by atoms with E-state index in [4.69, 9.17) is 4.74 Å². The maximum absolute atomic E-state index is 11.9. The van der Waals surface area contributed by atoms with Crippen molar-refractivity contribution >= 4 is 12.1 Å². The van der Waals surface area contributed by atoms with Crippen molar-refractivity contribution in [2.24, 2.45) is 0 Å². The molecule has 122 valence electrons. The van der Waals surface area contributed by atoms with Gasteiger partial charge >= 0.3 is 12.1 Å². The number of carboxylic acid groups (broad SMARTS) is 1. The van der Waals surface area contributed by atoms with Crippen LogP contribution in [0.4, 0.5) is 4.79 Å². The minimum Gasteiger partial charge on any atom is -0.479 e. The van der Waals surface area contributed by atoms with Crippen LogP contribution in [0.2, 0.25) is 0 Å². The number of carbonyl (C=O) groups excluding carboxylic acids is 1. The fourth-order valence-corrected chi connectivity index (χ4v) is 2.19. The number of ether oxygens (including phenoxy) is 1. The van der Waals surface area contributed by atoms with Crippen molar-refractivity contribution in [1.82, 2.24) is 14.9 Å². The number of rotatable bonds is 5. The van der Waals surface area contributed by atoms with Crippen molar-refractivity contribution in [3.8, 4) is 0 Å². The smallest absolute Gasteiger partial charge is 0.408 e. The Morgan fingerprint density at radius 3 is 2.55 bits per heavy atom. The summed E-state index contributed by atoms with van der Waals surface area (Å²) < 4.78 is 6.95. The lowest BCUT2D eigenvalue weighted by atomic mass is 10.0. The van der Waals surface area contributed by atoms with Gasteiger partial charge in [0.25, 0.3) is 0 Å². The molecule has 1 aliphatic carbocycles. The molecule has 1 heterocycles. The Bertz CT molecular complexity index is 572. The Balaban J connectivity index is 2.12. The van der Waals surface area contributed by atoms with Crippen molar-refractivity contribution in [1.29, 1.82) is 0 Å². The molecule has 22 heavy (non-hydrogen) atoms. The highest BCUT2D eigenvalue weighted by molar-refractivity contribution is 5.83. The molecule has 0 saturated heterocycles. The lowest BCUT2D eigenvalue weighted by molar-refractivity contribution is -0.144. The standard InChI is InChI=1S/C15H23N3O4/c1-14(2,3)22-13(21)17-15(4,12(19)20)9-18-8-7-16-11(18)10-5-6-10/h7-8,10H,5-6,9H2,1-4H3,(H,17,21)(H,19,20). The van der Waals surface area contributed by atoms with Crippen LogP contribution in [0.1, 0.15) is 52.3 Å². The molecule has 1 unspecified atom stereocenters. The minimum atomic E-state index is -1.47. The molecule has 7 heteroatoms. The highest BCUT2D eigenvalue weighted by atomic mass is 16.6. The molecule has 1 aliphatic rings. The van der Waals surface area contributed by atoms with Gasteiger partial charge in [-0.2, -0.15) is 0 Å². The Labute approximate surface area is 129 Å². The van der Waals surface area contributed by atoms with Crippen LogP contribution >= 0.6 is 0 Å². The highest BCUT2D eigenvalue weighted by Crippen LogP contribution is 2.39. The molecular weight excluding hydrogens is 286 g/mol. The number of amides is 1. The van der Waals surface area contributed by atoms with E-state index in [1.54, 1.807) is 37.7 Å². The molecule has 0 spiro atoms. The molecule has 1 atom stereocenters. The predicted molar refractivity (Wildman–Crippen MR) is 79.6 cm³/mol. The van der Waals surface area contributed by atoms with Crippen LogP contribution in [0.3, 0.4) is 0 Å². The number of aliphatic carboxylic acids is 1. The first kappa shape index (κ1) is 16.3. The van der Waals surface area contributed by atoms with Crippen LogP contribution in [0, 0.1) is 0 Å². The quantitative estimate of drug-likeness (QED) is 0.869. The molecule has 1 aromatic rings. The molecule has 1 amide bonds. The Hall–Kier alpha value is -2.05. The van der Waals surface area contributed by atoms with Gasteiger partial charge in [0.05, 0.1) is 6.54 Å². The summed E-state index contributed by atoms with van der Waals surface area (Å²) in [6.45, 7) is 6.76. The largest absolute Gasteiger partial charge is 0.479 e. The molecule has 0 aromatic carbocycles. The molecule has 1 aromatic heterocycles. The molecule has 0 bridgehead atoms. The molecule has 2 N–H and O–H groups in total. The molecule has 1 saturated carbocycles. The fourth-order valence-electron chi connectivity index (χ4n) is 2.19. The second kappa shape index (κ2) is 5.62. The van der Waals surface area contributed by atoms with E-state index < -0.39 is 23.2 Å². The van der Waals surface area contributed by atoms with Crippen molar-refractivity contribution < 1.29 is 19.4 Å². The second-order valence-corrected chi connectivity index (χ2v) is 6.95. The average molecular weight is 309 g/mol. The number of nitrogens with one attached hydrogen (secondary N) is 1. The van der Waals surface area contributed by atoms with Gasteiger partial charge < -0.3 is 19.7 Å². The van der Waals surface area contributed by atoms with E-state index in [0.29, 0.717) is 5.92 Å². The van der Waals surface area contributed by atoms with Gasteiger partial charge in [0.1, 0.15) is 11.4 Å². The maximum Gasteiger partial charge on any atom is 0.408 e. The summed E-state index contributed by atoms with van der Waals surface area (Å²) in [6, 6.07) is 0. The zero-order valence-electron chi connectivity index (χ0n) is 13.4. The Morgan fingerprint density at radius 1 is 1.41 bits per heavy atom. The zero-order valence-corrected chi connectivity index (χ0v) is 13.4. The van der Waals surface area contributed by atoms with E-state index in [1.807, 2.05) is 0 Å². The third kappa shape index (κ3) is 3.99. The van der Waals surface area contributed by atoms with E-state index in [0.717, 1.165) is 18.7 Å². The van der Waals surface area contributed by atoms with Crippen LogP contribution in [-0.4, -0.2) is 37.9 Å². The number of carbonyl (C=O) groups is 2. The van der Waals surface area contributed by atoms with Crippen LogP contribution in [0.15, 0.2) is 12.4 Å². The number of hydrogen-bond donors (Lipinski definition) is 2. The summed E-state index contributed by atoms with van der Waals surface area (Å²) >= 11 is 0. The number of hydrogen-bond acceptors (Lipinski definition) is 4. The van der Waals surface area contributed by atoms with E-state index in [-0.39, 0.29) is 6.54 Å². The SMILES string of the molecule is CC(C)(C)OC(=O)NC(C)(Cn1ccnc1C1CC1)C(=O)O. The normalized spacial score (nSPS) is 17.6. The summed E-state index contributed by atoms with van der Waals surface area (Å²) in [5, 5.41) is 12.0. The Kier molecular flexibility index (Phi) is 4.17. The van der Waals surface area contributed by atoms with Crippen LogP contribution < -0.4 is 5.32 Å². The van der Waals surface area contributed by atoms with Crippen molar-refractivity contribution in [3.63, 3.8) is 0 Å². The van der Waals surface area contributed by atoms with Gasteiger partial charge in [0.15, 0.2) is 5.54 Å². The molecule has 0 aliphatic heterocycles. The average Bonchev–Trinajstić information content (AvgIpc) is 3.07. The summed E-state index contributed by atoms with van der Waals surface area (Å²) in [4.78, 5) is 27.8. The first-order valence-corrected chi connectivity index (χ1v) is 7.36. The number of carboxylic acids is 1. The highest BCUT2D eigenvalue weighted by Gasteiger charge is 2.38. The van der Waals surface area contributed by atoms with Gasteiger partial charge in [-0.15, -0.1) is 0 Å². The summed E-state index contributed by atoms with van der Waals surface area (Å²) in [5.74, 6) is 0.154. The molecule has 7 nitrogen and oxygen atoms in total. The van der Waals surface area contributed by atoms with Crippen molar-refractivity contribution in [2.75, 3.05) is 0 Å². The Morgan fingerprint density at radius 2 is 2.05 bits per heavy atom. The van der Waals surface area contributed by atoms with Crippen LogP contribution in [0.5, 0.6) is 0 Å². The van der Waals surface area contributed by atoms with E-state index >= 15 is 0 Å². The third-order valence-electron chi connectivity index (χ3n) is 3.43. The molecule has 0 radical (unpaired) electrons. The molecule has 2 rings (SSSR count). The van der Waals surface area contributed by atoms with Crippen molar-refractivity contribution in [2.45, 2.75) is 64.1 Å². The molecular formula is C15H23N3O4. The number of imidazole rings is 1. The minimum absolute atomic E-state index is 0.105. The first-order chi connectivity index (χ1) is 10.1. The predicted octanol–water partition coefficient (Wildman–Crippen LogP) is 2.13. The van der Waals surface area contributed by atoms with Crippen LogP contribution in [-0.2, 0) is 16.1 Å². The monoisotopic (exact) mass is 309 g/mol. The maximum atomic E-state index is 11.9. The van der Waals surface area contributed by atoms with E-state index in [9.17, 15) is 14.7 Å². The van der Waals surface area contributed by atoms with Gasteiger partial charge in [-0.1, -0.05) is 0 Å². The van der Waals surface area contributed by atoms with Gasteiger partial charge in [0.2, 0.25) is 0 Å². The van der Waals surface area contributed by atoms with E-state index in [1.165, 1.54) is 6.92 Å². The van der Waals surface area contributed by atoms with Crippen molar-refractivity contribution in [3.05, 3.63) is 18.2 Å². The third-order valence-corrected chi connectivity index (χ3v) is 3.43. The lowest BCUT2D eigenvalue weighted by Gasteiger charge is -2.29. The lowest BCUT2D eigenvalue weighted by Crippen LogP contribution is -2.56. The zero-order chi connectivity index (χ0) is 16.5. The fraction of sp³-hybridized carbons (Fsp3) is 0.667. The van der Waals surface area contributed by atoms with Gasteiger partial charge in [-0.25, -0.2) is 14.6 Å². The van der Waals surface area contributed by atoms with Crippen LogP contribution in [0.25, 0.3) is 0 Å². The second-order valence-electron chi connectivity index (χ2n) is 6.95. The summed E-state index contributed by atoms with van der Waals surface area (Å²) in [5.41, 5.74) is -2.15. The first-order valence-electron chi connectivity index (χ1n) is 7.36. The molecule has 1 fully saturated rings. The van der Waals surface area contributed by atoms with Gasteiger partial charge in [-0.3, -0.25) is 0 Å². The number of alkyl carbamates (subject to hydrolysis) is 1. The summed E-state index contributed by atoms with van der Waals surface area (Å²) in [7, 11) is 0. The topological polar surface area (TPSA) is 93.5 Å². The van der Waals surface area contributed by atoms with Gasteiger partial charge in [-0.05, 0) is 40.5 Å². The number of nitrogens with zero attached hydrogens (tertiary/aromatic N) is 2.